The monoisotopic (exact) mass is 291 g/mol. The van der Waals surface area contributed by atoms with Gasteiger partial charge in [0.2, 0.25) is 0 Å². The van der Waals surface area contributed by atoms with Gasteiger partial charge in [0.05, 0.1) is 6.61 Å². The first-order valence-electron chi connectivity index (χ1n) is 6.58. The first-order chi connectivity index (χ1) is 9.63. The second-order valence-corrected chi connectivity index (χ2v) is 5.46. The zero-order valence-electron chi connectivity index (χ0n) is 10.9. The molecule has 1 heterocycles. The van der Waals surface area contributed by atoms with Crippen molar-refractivity contribution in [2.45, 2.75) is 18.9 Å². The first kappa shape index (κ1) is 13.4. The quantitative estimate of drug-likeness (QED) is 0.937. The lowest BCUT2D eigenvalue weighted by Gasteiger charge is -2.16. The Morgan fingerprint density at radius 3 is 2.75 bits per heavy atom. The second kappa shape index (κ2) is 5.43. The van der Waals surface area contributed by atoms with E-state index in [9.17, 15) is 4.39 Å². The number of hydrogen-bond donors (Lipinski definition) is 1. The molecule has 4 heteroatoms. The molecule has 0 radical (unpaired) electrons. The normalized spacial score (nSPS) is 14.8. The van der Waals surface area contributed by atoms with E-state index in [4.69, 9.17) is 22.1 Å². The minimum absolute atomic E-state index is 0.217. The Kier molecular flexibility index (Phi) is 3.64. The number of fused-ring (bicyclic) bond motifs is 1. The molecule has 0 saturated heterocycles. The topological polar surface area (TPSA) is 35.2 Å². The molecule has 0 saturated carbocycles. The van der Waals surface area contributed by atoms with Gasteiger partial charge in [0.25, 0.3) is 0 Å². The maximum absolute atomic E-state index is 12.9. The van der Waals surface area contributed by atoms with E-state index in [1.54, 1.807) is 12.1 Å². The zero-order valence-corrected chi connectivity index (χ0v) is 11.7. The van der Waals surface area contributed by atoms with E-state index in [1.807, 2.05) is 12.1 Å². The SMILES string of the molecule is NC(Cc1ccc(F)cc1)c1cc(Cl)cc2c1OCC2. The summed E-state index contributed by atoms with van der Waals surface area (Å²) in [6.45, 7) is 0.673. The average Bonchev–Trinajstić information content (AvgIpc) is 2.88. The van der Waals surface area contributed by atoms with Crippen molar-refractivity contribution in [2.24, 2.45) is 5.73 Å². The molecule has 0 fully saturated rings. The van der Waals surface area contributed by atoms with Gasteiger partial charge in [-0.1, -0.05) is 23.7 Å². The van der Waals surface area contributed by atoms with Gasteiger partial charge < -0.3 is 10.5 Å². The third-order valence-electron chi connectivity index (χ3n) is 3.55. The molecule has 20 heavy (non-hydrogen) atoms. The molecule has 0 aromatic heterocycles. The van der Waals surface area contributed by atoms with Crippen LogP contribution in [0, 0.1) is 5.82 Å². The van der Waals surface area contributed by atoms with Crippen molar-refractivity contribution in [1.29, 1.82) is 0 Å². The lowest BCUT2D eigenvalue weighted by Crippen LogP contribution is -2.14. The van der Waals surface area contributed by atoms with Crippen LogP contribution in [0.1, 0.15) is 22.7 Å². The van der Waals surface area contributed by atoms with E-state index in [0.29, 0.717) is 18.1 Å². The smallest absolute Gasteiger partial charge is 0.127 e. The first-order valence-corrected chi connectivity index (χ1v) is 6.96. The van der Waals surface area contributed by atoms with Gasteiger partial charge in [-0.3, -0.25) is 0 Å². The van der Waals surface area contributed by atoms with E-state index >= 15 is 0 Å². The molecule has 0 bridgehead atoms. The van der Waals surface area contributed by atoms with Gasteiger partial charge in [0.15, 0.2) is 0 Å². The van der Waals surface area contributed by atoms with Crippen LogP contribution in [-0.4, -0.2) is 6.61 Å². The van der Waals surface area contributed by atoms with Crippen LogP contribution in [0.2, 0.25) is 5.02 Å². The summed E-state index contributed by atoms with van der Waals surface area (Å²) < 4.78 is 18.6. The van der Waals surface area contributed by atoms with E-state index < -0.39 is 0 Å². The van der Waals surface area contributed by atoms with E-state index in [0.717, 1.165) is 28.9 Å². The fourth-order valence-electron chi connectivity index (χ4n) is 2.56. The lowest BCUT2D eigenvalue weighted by atomic mass is 9.97. The fraction of sp³-hybridized carbons (Fsp3) is 0.250. The highest BCUT2D eigenvalue weighted by Gasteiger charge is 2.21. The van der Waals surface area contributed by atoms with Crippen molar-refractivity contribution < 1.29 is 9.13 Å². The predicted molar refractivity (Wildman–Crippen MR) is 77.7 cm³/mol. The highest BCUT2D eigenvalue weighted by molar-refractivity contribution is 6.30. The minimum Gasteiger partial charge on any atom is -0.493 e. The molecular formula is C16H15ClFNO. The number of halogens is 2. The Balaban J connectivity index is 1.87. The van der Waals surface area contributed by atoms with Gasteiger partial charge in [0.1, 0.15) is 11.6 Å². The van der Waals surface area contributed by atoms with Gasteiger partial charge in [-0.2, -0.15) is 0 Å². The summed E-state index contributed by atoms with van der Waals surface area (Å²) in [7, 11) is 0. The van der Waals surface area contributed by atoms with Crippen molar-refractivity contribution in [3.63, 3.8) is 0 Å². The average molecular weight is 292 g/mol. The molecule has 1 unspecified atom stereocenters. The molecule has 2 aromatic rings. The van der Waals surface area contributed by atoms with Crippen molar-refractivity contribution >= 4 is 11.6 Å². The molecule has 3 rings (SSSR count). The second-order valence-electron chi connectivity index (χ2n) is 5.02. The van der Waals surface area contributed by atoms with Gasteiger partial charge in [0, 0.05) is 23.0 Å². The standard InChI is InChI=1S/C16H15ClFNO/c17-12-8-11-5-6-20-16(11)14(9-12)15(19)7-10-1-3-13(18)4-2-10/h1-4,8-9,15H,5-7,19H2. The molecule has 1 atom stereocenters. The van der Waals surface area contributed by atoms with Crippen molar-refractivity contribution in [2.75, 3.05) is 6.61 Å². The molecule has 0 amide bonds. The molecule has 2 N–H and O–H groups in total. The van der Waals surface area contributed by atoms with Crippen LogP contribution in [0.15, 0.2) is 36.4 Å². The molecule has 0 aliphatic carbocycles. The van der Waals surface area contributed by atoms with Crippen LogP contribution < -0.4 is 10.5 Å². The van der Waals surface area contributed by atoms with Gasteiger partial charge in [-0.15, -0.1) is 0 Å². The number of hydrogen-bond acceptors (Lipinski definition) is 2. The molecule has 104 valence electrons. The number of ether oxygens (including phenoxy) is 1. The maximum atomic E-state index is 12.9. The lowest BCUT2D eigenvalue weighted by molar-refractivity contribution is 0.351. The molecule has 0 spiro atoms. The van der Waals surface area contributed by atoms with Crippen LogP contribution in [0.4, 0.5) is 4.39 Å². The molecular weight excluding hydrogens is 277 g/mol. The molecule has 1 aliphatic heterocycles. The number of benzene rings is 2. The summed E-state index contributed by atoms with van der Waals surface area (Å²) in [6.07, 6.45) is 1.49. The van der Waals surface area contributed by atoms with Crippen LogP contribution in [0.3, 0.4) is 0 Å². The summed E-state index contributed by atoms with van der Waals surface area (Å²) in [6, 6.07) is 9.97. The van der Waals surface area contributed by atoms with E-state index in [1.165, 1.54) is 12.1 Å². The van der Waals surface area contributed by atoms with Gasteiger partial charge in [-0.05, 0) is 41.8 Å². The largest absolute Gasteiger partial charge is 0.493 e. The summed E-state index contributed by atoms with van der Waals surface area (Å²) >= 11 is 6.14. The van der Waals surface area contributed by atoms with Gasteiger partial charge >= 0.3 is 0 Å². The van der Waals surface area contributed by atoms with Crippen LogP contribution in [0.5, 0.6) is 5.75 Å². The Morgan fingerprint density at radius 2 is 2.00 bits per heavy atom. The summed E-state index contributed by atoms with van der Waals surface area (Å²) in [5.41, 5.74) is 9.30. The zero-order chi connectivity index (χ0) is 14.1. The Bertz CT molecular complexity index is 627. The highest BCUT2D eigenvalue weighted by Crippen LogP contribution is 2.36. The van der Waals surface area contributed by atoms with E-state index in [2.05, 4.69) is 0 Å². The Labute approximate surface area is 122 Å². The number of rotatable bonds is 3. The molecule has 1 aliphatic rings. The highest BCUT2D eigenvalue weighted by atomic mass is 35.5. The van der Waals surface area contributed by atoms with Crippen molar-refractivity contribution in [3.05, 3.63) is 63.9 Å². The predicted octanol–water partition coefficient (Wildman–Crippen LogP) is 3.66. The van der Waals surface area contributed by atoms with Gasteiger partial charge in [-0.25, -0.2) is 4.39 Å². The molecule has 2 aromatic carbocycles. The third-order valence-corrected chi connectivity index (χ3v) is 3.76. The van der Waals surface area contributed by atoms with Crippen LogP contribution in [-0.2, 0) is 12.8 Å². The van der Waals surface area contributed by atoms with Crippen LogP contribution >= 0.6 is 11.6 Å². The minimum atomic E-state index is -0.241. The summed E-state index contributed by atoms with van der Waals surface area (Å²) in [4.78, 5) is 0. The van der Waals surface area contributed by atoms with E-state index in [-0.39, 0.29) is 11.9 Å². The summed E-state index contributed by atoms with van der Waals surface area (Å²) in [5, 5.41) is 0.679. The fourth-order valence-corrected chi connectivity index (χ4v) is 2.81. The number of nitrogens with two attached hydrogens (primary N) is 1. The van der Waals surface area contributed by atoms with Crippen LogP contribution in [0.25, 0.3) is 0 Å². The van der Waals surface area contributed by atoms with Crippen molar-refractivity contribution in [3.8, 4) is 5.75 Å². The molecule has 2 nitrogen and oxygen atoms in total. The summed E-state index contributed by atoms with van der Waals surface area (Å²) in [5.74, 6) is 0.623. The Hall–Kier alpha value is -1.58. The Morgan fingerprint density at radius 1 is 1.25 bits per heavy atom. The third kappa shape index (κ3) is 2.65. The van der Waals surface area contributed by atoms with Crippen molar-refractivity contribution in [1.82, 2.24) is 0 Å². The maximum Gasteiger partial charge on any atom is 0.127 e.